The molecule has 1 aliphatic heterocycles. The van der Waals surface area contributed by atoms with Crippen molar-refractivity contribution in [1.29, 1.82) is 0 Å². The van der Waals surface area contributed by atoms with Crippen molar-refractivity contribution in [3.63, 3.8) is 0 Å². The molecule has 0 radical (unpaired) electrons. The minimum absolute atomic E-state index is 0.609. The maximum atomic E-state index is 5.54. The Labute approximate surface area is 105 Å². The van der Waals surface area contributed by atoms with Crippen LogP contribution in [0.2, 0.25) is 0 Å². The molecule has 0 fully saturated rings. The summed E-state index contributed by atoms with van der Waals surface area (Å²) in [7, 11) is 1.93. The lowest BCUT2D eigenvalue weighted by Crippen LogP contribution is -2.15. The number of hydrogen-bond acceptors (Lipinski definition) is 4. The molecule has 0 bridgehead atoms. The molecule has 18 heavy (non-hydrogen) atoms. The molecule has 2 heterocycles. The van der Waals surface area contributed by atoms with E-state index in [1.165, 1.54) is 0 Å². The number of anilines is 1. The van der Waals surface area contributed by atoms with Crippen molar-refractivity contribution >= 4 is 5.69 Å². The third-order valence-corrected chi connectivity index (χ3v) is 2.94. The zero-order valence-corrected chi connectivity index (χ0v) is 10.2. The van der Waals surface area contributed by atoms with Gasteiger partial charge in [-0.1, -0.05) is 0 Å². The van der Waals surface area contributed by atoms with Gasteiger partial charge in [0, 0.05) is 25.0 Å². The van der Waals surface area contributed by atoms with Gasteiger partial charge in [0.1, 0.15) is 13.2 Å². The highest BCUT2D eigenvalue weighted by atomic mass is 16.6. The summed E-state index contributed by atoms with van der Waals surface area (Å²) in [5.41, 5.74) is 2.14. The van der Waals surface area contributed by atoms with Gasteiger partial charge in [-0.05, 0) is 18.2 Å². The number of nitrogens with one attached hydrogen (secondary N) is 1. The van der Waals surface area contributed by atoms with Crippen LogP contribution in [0.25, 0.3) is 0 Å². The van der Waals surface area contributed by atoms with Crippen LogP contribution < -0.4 is 14.8 Å². The summed E-state index contributed by atoms with van der Waals surface area (Å²) in [4.78, 5) is 0. The van der Waals surface area contributed by atoms with Crippen LogP contribution in [0.1, 0.15) is 5.69 Å². The molecule has 0 saturated carbocycles. The van der Waals surface area contributed by atoms with Crippen molar-refractivity contribution < 1.29 is 9.47 Å². The second kappa shape index (κ2) is 4.60. The molecule has 3 rings (SSSR count). The van der Waals surface area contributed by atoms with Crippen LogP contribution in [0.4, 0.5) is 5.69 Å². The first kappa shape index (κ1) is 11.0. The van der Waals surface area contributed by atoms with Crippen molar-refractivity contribution in [2.75, 3.05) is 18.5 Å². The van der Waals surface area contributed by atoms with Crippen LogP contribution in [0.5, 0.6) is 11.5 Å². The van der Waals surface area contributed by atoms with E-state index in [0.29, 0.717) is 13.2 Å². The van der Waals surface area contributed by atoms with Crippen molar-refractivity contribution in [1.82, 2.24) is 9.78 Å². The summed E-state index contributed by atoms with van der Waals surface area (Å²) in [5.74, 6) is 1.61. The number of ether oxygens (including phenoxy) is 2. The SMILES string of the molecule is Cn1nccc1CNc1ccc2c(c1)OCCO2. The first-order valence-electron chi connectivity index (χ1n) is 5.93. The maximum Gasteiger partial charge on any atom is 0.163 e. The fraction of sp³-hybridized carbons (Fsp3) is 0.308. The third kappa shape index (κ3) is 2.11. The maximum absolute atomic E-state index is 5.54. The standard InChI is InChI=1S/C13H15N3O2/c1-16-11(4-5-15-16)9-14-10-2-3-12-13(8-10)18-7-6-17-12/h2-5,8,14H,6-7,9H2,1H3. The van der Waals surface area contributed by atoms with Gasteiger partial charge in [0.05, 0.1) is 12.2 Å². The topological polar surface area (TPSA) is 48.3 Å². The van der Waals surface area contributed by atoms with E-state index in [-0.39, 0.29) is 0 Å². The molecule has 5 nitrogen and oxygen atoms in total. The average Bonchev–Trinajstić information content (AvgIpc) is 2.82. The number of nitrogens with zero attached hydrogens (tertiary/aromatic N) is 2. The fourth-order valence-corrected chi connectivity index (χ4v) is 1.92. The molecule has 0 spiro atoms. The van der Waals surface area contributed by atoms with E-state index in [1.54, 1.807) is 6.20 Å². The molecule has 2 aromatic rings. The van der Waals surface area contributed by atoms with Crippen molar-refractivity contribution in [3.8, 4) is 11.5 Å². The first-order chi connectivity index (χ1) is 8.83. The smallest absolute Gasteiger partial charge is 0.163 e. The summed E-state index contributed by atoms with van der Waals surface area (Å²) in [6, 6.07) is 7.87. The van der Waals surface area contributed by atoms with Crippen molar-refractivity contribution in [2.45, 2.75) is 6.54 Å². The van der Waals surface area contributed by atoms with E-state index in [4.69, 9.17) is 9.47 Å². The predicted octanol–water partition coefficient (Wildman–Crippen LogP) is 1.80. The van der Waals surface area contributed by atoms with Crippen LogP contribution in [0.15, 0.2) is 30.5 Å². The molecular weight excluding hydrogens is 230 g/mol. The Kier molecular flexibility index (Phi) is 2.80. The van der Waals surface area contributed by atoms with Crippen LogP contribution in [0.3, 0.4) is 0 Å². The molecule has 0 aliphatic carbocycles. The summed E-state index contributed by atoms with van der Waals surface area (Å²) in [6.45, 7) is 1.96. The Morgan fingerprint density at radius 2 is 2.06 bits per heavy atom. The number of rotatable bonds is 3. The summed E-state index contributed by atoms with van der Waals surface area (Å²) < 4.78 is 12.9. The zero-order chi connectivity index (χ0) is 12.4. The molecule has 1 aliphatic rings. The van der Waals surface area contributed by atoms with Gasteiger partial charge in [0.25, 0.3) is 0 Å². The van der Waals surface area contributed by atoms with Gasteiger partial charge in [0.15, 0.2) is 11.5 Å². The lowest BCUT2D eigenvalue weighted by atomic mass is 10.2. The van der Waals surface area contributed by atoms with Crippen molar-refractivity contribution in [3.05, 3.63) is 36.2 Å². The number of aromatic nitrogens is 2. The van der Waals surface area contributed by atoms with Gasteiger partial charge in [0.2, 0.25) is 0 Å². The van der Waals surface area contributed by atoms with E-state index >= 15 is 0 Å². The van der Waals surface area contributed by atoms with E-state index in [1.807, 2.05) is 36.0 Å². The van der Waals surface area contributed by atoms with E-state index < -0.39 is 0 Å². The van der Waals surface area contributed by atoms with E-state index in [2.05, 4.69) is 10.4 Å². The summed E-state index contributed by atoms with van der Waals surface area (Å²) in [6.07, 6.45) is 1.79. The number of hydrogen-bond donors (Lipinski definition) is 1. The predicted molar refractivity (Wildman–Crippen MR) is 68.0 cm³/mol. The van der Waals surface area contributed by atoms with Gasteiger partial charge < -0.3 is 14.8 Å². The molecule has 5 heteroatoms. The van der Waals surface area contributed by atoms with Gasteiger partial charge in [-0.25, -0.2) is 0 Å². The van der Waals surface area contributed by atoms with Crippen LogP contribution in [-0.2, 0) is 13.6 Å². The molecule has 94 valence electrons. The molecule has 1 N–H and O–H groups in total. The minimum Gasteiger partial charge on any atom is -0.486 e. The second-order valence-corrected chi connectivity index (χ2v) is 4.16. The monoisotopic (exact) mass is 245 g/mol. The Bertz CT molecular complexity index is 551. The Hall–Kier alpha value is -2.17. The molecule has 0 unspecified atom stereocenters. The van der Waals surface area contributed by atoms with Gasteiger partial charge in [-0.3, -0.25) is 4.68 Å². The second-order valence-electron chi connectivity index (χ2n) is 4.16. The molecule has 0 amide bonds. The Balaban J connectivity index is 1.71. The molecule has 0 saturated heterocycles. The van der Waals surface area contributed by atoms with Crippen LogP contribution in [-0.4, -0.2) is 23.0 Å². The number of aryl methyl sites for hydroxylation is 1. The van der Waals surface area contributed by atoms with E-state index in [9.17, 15) is 0 Å². The Morgan fingerprint density at radius 1 is 1.22 bits per heavy atom. The van der Waals surface area contributed by atoms with Gasteiger partial charge >= 0.3 is 0 Å². The highest BCUT2D eigenvalue weighted by Crippen LogP contribution is 2.32. The van der Waals surface area contributed by atoms with Gasteiger partial charge in [-0.2, -0.15) is 5.10 Å². The molecular formula is C13H15N3O2. The quantitative estimate of drug-likeness (QED) is 0.895. The summed E-state index contributed by atoms with van der Waals surface area (Å²) >= 11 is 0. The first-order valence-corrected chi connectivity index (χ1v) is 5.93. The van der Waals surface area contributed by atoms with Gasteiger partial charge in [-0.15, -0.1) is 0 Å². The Morgan fingerprint density at radius 3 is 2.83 bits per heavy atom. The fourth-order valence-electron chi connectivity index (χ4n) is 1.92. The summed E-state index contributed by atoms with van der Waals surface area (Å²) in [5, 5.41) is 7.47. The van der Waals surface area contributed by atoms with Crippen LogP contribution >= 0.6 is 0 Å². The molecule has 0 atom stereocenters. The number of benzene rings is 1. The highest BCUT2D eigenvalue weighted by molar-refractivity contribution is 5.55. The van der Waals surface area contributed by atoms with Crippen LogP contribution in [0, 0.1) is 0 Å². The largest absolute Gasteiger partial charge is 0.486 e. The third-order valence-electron chi connectivity index (χ3n) is 2.94. The lowest BCUT2D eigenvalue weighted by Gasteiger charge is -2.19. The number of fused-ring (bicyclic) bond motifs is 1. The lowest BCUT2D eigenvalue weighted by molar-refractivity contribution is 0.171. The van der Waals surface area contributed by atoms with Crippen molar-refractivity contribution in [2.24, 2.45) is 7.05 Å². The zero-order valence-electron chi connectivity index (χ0n) is 10.2. The normalized spacial score (nSPS) is 13.4. The molecule has 1 aromatic carbocycles. The van der Waals surface area contributed by atoms with E-state index in [0.717, 1.165) is 29.4 Å². The minimum atomic E-state index is 0.609. The highest BCUT2D eigenvalue weighted by Gasteiger charge is 2.11. The average molecular weight is 245 g/mol. The molecule has 1 aromatic heterocycles.